The Morgan fingerprint density at radius 3 is 2.08 bits per heavy atom. The number of nitrogens with zero attached hydrogens (tertiary/aromatic N) is 1. The number of amides is 1. The van der Waals surface area contributed by atoms with Gasteiger partial charge in [-0.2, -0.15) is 13.2 Å². The van der Waals surface area contributed by atoms with Crippen LogP contribution in [0.1, 0.15) is 39.9 Å². The smallest absolute Gasteiger partial charge is 0.475 e. The number of halogens is 4. The van der Waals surface area contributed by atoms with E-state index in [-0.39, 0.29) is 5.91 Å². The molecule has 0 saturated carbocycles. The van der Waals surface area contributed by atoms with Gasteiger partial charge in [0.2, 0.25) is 0 Å². The highest BCUT2D eigenvalue weighted by Gasteiger charge is 2.38. The Morgan fingerprint density at radius 1 is 0.872 bits per heavy atom. The summed E-state index contributed by atoms with van der Waals surface area (Å²) in [5, 5.41) is 13.8. The molecule has 0 radical (unpaired) electrons. The molecular weight excluding hydrogens is 575 g/mol. The van der Waals surface area contributed by atoms with Crippen LogP contribution in [0.15, 0.2) is 83.3 Å². The van der Waals surface area contributed by atoms with Gasteiger partial charge in [-0.25, -0.2) is 4.79 Å². The molecule has 0 unspecified atom stereocenters. The SMILES string of the molecule is O=C(NCc1cccc(Br)c1)c1ccc(CNC2CCN(Cc3ccccc3)CC2)cc1.O=C(O)C(F)(F)F. The molecule has 0 atom stereocenters. The third-order valence-corrected chi connectivity index (χ3v) is 6.73. The quantitative estimate of drug-likeness (QED) is 0.304. The van der Waals surface area contributed by atoms with E-state index in [1.165, 1.54) is 24.0 Å². The molecule has 0 bridgehead atoms. The Kier molecular flexibility index (Phi) is 11.5. The van der Waals surface area contributed by atoms with Crippen LogP contribution in [0, 0.1) is 0 Å². The van der Waals surface area contributed by atoms with Gasteiger partial charge in [-0.15, -0.1) is 0 Å². The molecule has 3 N–H and O–H groups in total. The highest BCUT2D eigenvalue weighted by atomic mass is 79.9. The number of alkyl halides is 3. The van der Waals surface area contributed by atoms with E-state index in [1.54, 1.807) is 0 Å². The molecule has 6 nitrogen and oxygen atoms in total. The summed E-state index contributed by atoms with van der Waals surface area (Å²) in [4.78, 5) is 23.9. The van der Waals surface area contributed by atoms with E-state index in [1.807, 2.05) is 48.5 Å². The number of piperidine rings is 1. The summed E-state index contributed by atoms with van der Waals surface area (Å²) in [5.41, 5.74) is 4.36. The van der Waals surface area contributed by atoms with Crippen molar-refractivity contribution in [2.45, 2.75) is 44.7 Å². The molecule has 0 aromatic heterocycles. The Labute approximate surface area is 234 Å². The Bertz CT molecular complexity index is 1200. The minimum atomic E-state index is -5.08. The van der Waals surface area contributed by atoms with E-state index in [4.69, 9.17) is 9.90 Å². The lowest BCUT2D eigenvalue weighted by atomic mass is 10.0. The maximum absolute atomic E-state index is 12.4. The monoisotopic (exact) mass is 605 g/mol. The summed E-state index contributed by atoms with van der Waals surface area (Å²) in [6, 6.07) is 27.1. The first-order valence-corrected chi connectivity index (χ1v) is 13.3. The number of likely N-dealkylation sites (tertiary alicyclic amines) is 1. The molecule has 4 rings (SSSR count). The van der Waals surface area contributed by atoms with Gasteiger partial charge in [-0.05, 0) is 66.9 Å². The van der Waals surface area contributed by atoms with Gasteiger partial charge in [-0.1, -0.05) is 70.5 Å². The number of carboxylic acids is 1. The van der Waals surface area contributed by atoms with Gasteiger partial charge in [0.15, 0.2) is 0 Å². The van der Waals surface area contributed by atoms with Gasteiger partial charge in [0.25, 0.3) is 5.91 Å². The van der Waals surface area contributed by atoms with Gasteiger partial charge >= 0.3 is 12.1 Å². The van der Waals surface area contributed by atoms with Crippen molar-refractivity contribution in [1.29, 1.82) is 0 Å². The van der Waals surface area contributed by atoms with E-state index >= 15 is 0 Å². The highest BCUT2D eigenvalue weighted by Crippen LogP contribution is 2.16. The Balaban J connectivity index is 0.000000532. The largest absolute Gasteiger partial charge is 0.490 e. The number of nitrogens with one attached hydrogen (secondary N) is 2. The number of hydrogen-bond donors (Lipinski definition) is 3. The summed E-state index contributed by atoms with van der Waals surface area (Å²) in [5.74, 6) is -2.80. The summed E-state index contributed by atoms with van der Waals surface area (Å²) in [6.45, 7) is 4.65. The zero-order valence-corrected chi connectivity index (χ0v) is 22.8. The van der Waals surface area contributed by atoms with Gasteiger partial charge < -0.3 is 15.7 Å². The lowest BCUT2D eigenvalue weighted by molar-refractivity contribution is -0.192. The van der Waals surface area contributed by atoms with Gasteiger partial charge in [0.1, 0.15) is 0 Å². The molecule has 3 aromatic carbocycles. The van der Waals surface area contributed by atoms with Crippen molar-refractivity contribution >= 4 is 27.8 Å². The van der Waals surface area contributed by atoms with Crippen LogP contribution in [0.4, 0.5) is 13.2 Å². The van der Waals surface area contributed by atoms with E-state index < -0.39 is 12.1 Å². The van der Waals surface area contributed by atoms with E-state index in [9.17, 15) is 18.0 Å². The fourth-order valence-corrected chi connectivity index (χ4v) is 4.55. The summed E-state index contributed by atoms with van der Waals surface area (Å²) < 4.78 is 32.8. The molecule has 1 heterocycles. The molecule has 10 heteroatoms. The predicted molar refractivity (Wildman–Crippen MR) is 147 cm³/mol. The number of carbonyl (C=O) groups is 2. The molecular formula is C29H31BrF3N3O3. The van der Waals surface area contributed by atoms with Crippen LogP contribution in [0.3, 0.4) is 0 Å². The number of carboxylic acid groups (broad SMARTS) is 1. The fourth-order valence-electron chi connectivity index (χ4n) is 4.10. The second kappa shape index (κ2) is 14.8. The van der Waals surface area contributed by atoms with Crippen LogP contribution in [-0.2, 0) is 24.4 Å². The van der Waals surface area contributed by atoms with Crippen LogP contribution < -0.4 is 10.6 Å². The molecule has 1 fully saturated rings. The normalized spacial score (nSPS) is 14.3. The Morgan fingerprint density at radius 2 is 1.49 bits per heavy atom. The highest BCUT2D eigenvalue weighted by molar-refractivity contribution is 9.10. The van der Waals surface area contributed by atoms with Crippen LogP contribution in [0.2, 0.25) is 0 Å². The van der Waals surface area contributed by atoms with E-state index in [2.05, 4.69) is 61.8 Å². The second-order valence-corrected chi connectivity index (χ2v) is 10.1. The average molecular weight is 606 g/mol. The van der Waals surface area contributed by atoms with Crippen molar-refractivity contribution in [3.63, 3.8) is 0 Å². The topological polar surface area (TPSA) is 81.7 Å². The van der Waals surface area contributed by atoms with E-state index in [0.29, 0.717) is 18.2 Å². The predicted octanol–water partition coefficient (Wildman–Crippen LogP) is 5.77. The molecule has 1 amide bonds. The maximum Gasteiger partial charge on any atom is 0.490 e. The van der Waals surface area contributed by atoms with Gasteiger partial charge in [-0.3, -0.25) is 9.69 Å². The van der Waals surface area contributed by atoms with Crippen molar-refractivity contribution in [2.24, 2.45) is 0 Å². The number of hydrogen-bond acceptors (Lipinski definition) is 4. The maximum atomic E-state index is 12.4. The molecule has 1 aliphatic heterocycles. The minimum Gasteiger partial charge on any atom is -0.475 e. The van der Waals surface area contributed by atoms with Crippen molar-refractivity contribution in [1.82, 2.24) is 15.5 Å². The lowest BCUT2D eigenvalue weighted by Crippen LogP contribution is -2.41. The first-order valence-electron chi connectivity index (χ1n) is 12.5. The summed E-state index contributed by atoms with van der Waals surface area (Å²) >= 11 is 3.46. The van der Waals surface area contributed by atoms with Crippen LogP contribution in [0.25, 0.3) is 0 Å². The average Bonchev–Trinajstić information content (AvgIpc) is 2.92. The third-order valence-electron chi connectivity index (χ3n) is 6.23. The van der Waals surface area contributed by atoms with Crippen LogP contribution in [-0.4, -0.2) is 47.2 Å². The van der Waals surface area contributed by atoms with Gasteiger partial charge in [0.05, 0.1) is 0 Å². The summed E-state index contributed by atoms with van der Waals surface area (Å²) in [7, 11) is 0. The van der Waals surface area contributed by atoms with Crippen molar-refractivity contribution in [2.75, 3.05) is 13.1 Å². The van der Waals surface area contributed by atoms with E-state index in [0.717, 1.165) is 36.2 Å². The Hall–Kier alpha value is -3.21. The second-order valence-electron chi connectivity index (χ2n) is 9.23. The fraction of sp³-hybridized carbons (Fsp3) is 0.310. The molecule has 3 aromatic rings. The standard InChI is InChI=1S/C27H30BrN3O.C2HF3O2/c28-25-8-4-7-23(17-25)19-30-27(32)24-11-9-21(10-12-24)18-29-26-13-15-31(16-14-26)20-22-5-2-1-3-6-22;3-2(4,5)1(6)7/h1-12,17,26,29H,13-16,18-20H2,(H,30,32);(H,6,7). The first-order chi connectivity index (χ1) is 18.6. The third kappa shape index (κ3) is 10.8. The number of carbonyl (C=O) groups excluding carboxylic acids is 1. The van der Waals surface area contributed by atoms with Crippen LogP contribution >= 0.6 is 15.9 Å². The lowest BCUT2D eigenvalue weighted by Gasteiger charge is -2.32. The molecule has 0 spiro atoms. The minimum absolute atomic E-state index is 0.0460. The number of benzene rings is 3. The van der Waals surface area contributed by atoms with Crippen molar-refractivity contribution in [3.05, 3.63) is 106 Å². The molecule has 39 heavy (non-hydrogen) atoms. The molecule has 0 aliphatic carbocycles. The number of rotatable bonds is 8. The summed E-state index contributed by atoms with van der Waals surface area (Å²) in [6.07, 6.45) is -2.74. The zero-order valence-electron chi connectivity index (χ0n) is 21.3. The number of aliphatic carboxylic acids is 1. The molecule has 208 valence electrons. The first kappa shape index (κ1) is 30.3. The zero-order chi connectivity index (χ0) is 28.3. The molecule has 1 saturated heterocycles. The van der Waals surface area contributed by atoms with Crippen LogP contribution in [0.5, 0.6) is 0 Å². The van der Waals surface area contributed by atoms with Crippen molar-refractivity contribution in [3.8, 4) is 0 Å². The van der Waals surface area contributed by atoms with Crippen molar-refractivity contribution < 1.29 is 27.9 Å². The van der Waals surface area contributed by atoms with Gasteiger partial charge in [0, 0.05) is 35.7 Å². The molecule has 1 aliphatic rings.